The topological polar surface area (TPSA) is 80.9 Å². The Morgan fingerprint density at radius 3 is 2.67 bits per heavy atom. The molecule has 0 saturated heterocycles. The molecule has 1 heterocycles. The highest BCUT2D eigenvalue weighted by molar-refractivity contribution is 8.00. The van der Waals surface area contributed by atoms with E-state index < -0.39 is 0 Å². The number of anilines is 1. The van der Waals surface area contributed by atoms with Crippen LogP contribution in [0.1, 0.15) is 0 Å². The molecule has 0 aliphatic rings. The summed E-state index contributed by atoms with van der Waals surface area (Å²) in [7, 11) is 0. The molecule has 3 N–H and O–H groups in total. The molecule has 7 heteroatoms. The Kier molecular flexibility index (Phi) is 6.36. The minimum Gasteiger partial charge on any atom is -0.381 e. The molecule has 0 bridgehead atoms. The highest BCUT2D eigenvalue weighted by atomic mass is 32.2. The lowest BCUT2D eigenvalue weighted by Crippen LogP contribution is -2.27. The van der Waals surface area contributed by atoms with Crippen LogP contribution in [0, 0.1) is 0 Å². The molecule has 5 nitrogen and oxygen atoms in total. The standard InChI is InChI=1S/C14H16N4OS2/c15-13-14(18-7-6-17-13)21-10-12(19)16-8-9-20-11-4-2-1-3-5-11/h1-7H,8-10H2,(H2,15,17)(H,16,19). The van der Waals surface area contributed by atoms with Crippen molar-refractivity contribution in [3.8, 4) is 0 Å². The first-order valence-corrected chi connectivity index (χ1v) is 8.36. The molecular weight excluding hydrogens is 304 g/mol. The van der Waals surface area contributed by atoms with Crippen LogP contribution in [0.3, 0.4) is 0 Å². The largest absolute Gasteiger partial charge is 0.381 e. The van der Waals surface area contributed by atoms with E-state index in [1.165, 1.54) is 22.9 Å². The van der Waals surface area contributed by atoms with Crippen LogP contribution in [0.4, 0.5) is 5.82 Å². The lowest BCUT2D eigenvalue weighted by Gasteiger charge is -2.05. The van der Waals surface area contributed by atoms with Gasteiger partial charge in [-0.2, -0.15) is 0 Å². The van der Waals surface area contributed by atoms with E-state index >= 15 is 0 Å². The summed E-state index contributed by atoms with van der Waals surface area (Å²) >= 11 is 3.01. The minimum absolute atomic E-state index is 0.0290. The van der Waals surface area contributed by atoms with Gasteiger partial charge in [0.05, 0.1) is 5.75 Å². The molecule has 2 rings (SSSR count). The monoisotopic (exact) mass is 320 g/mol. The molecule has 1 amide bonds. The Bertz CT molecular complexity index is 580. The molecule has 0 saturated carbocycles. The Labute approximate surface area is 132 Å². The summed E-state index contributed by atoms with van der Waals surface area (Å²) in [5, 5.41) is 3.46. The number of rotatable bonds is 7. The van der Waals surface area contributed by atoms with Crippen LogP contribution in [0.25, 0.3) is 0 Å². The molecule has 110 valence electrons. The van der Waals surface area contributed by atoms with Gasteiger partial charge in [0.1, 0.15) is 5.03 Å². The fraction of sp³-hybridized carbons (Fsp3) is 0.214. The van der Waals surface area contributed by atoms with E-state index in [2.05, 4.69) is 27.4 Å². The zero-order valence-corrected chi connectivity index (χ0v) is 13.0. The first-order valence-electron chi connectivity index (χ1n) is 6.39. The first kappa shape index (κ1) is 15.7. The summed E-state index contributed by atoms with van der Waals surface area (Å²) in [6.07, 6.45) is 3.09. The number of nitrogens with two attached hydrogens (primary N) is 1. The number of carbonyl (C=O) groups excluding carboxylic acids is 1. The maximum atomic E-state index is 11.7. The zero-order valence-electron chi connectivity index (χ0n) is 11.4. The first-order chi connectivity index (χ1) is 10.3. The van der Waals surface area contributed by atoms with Crippen LogP contribution >= 0.6 is 23.5 Å². The van der Waals surface area contributed by atoms with E-state index in [9.17, 15) is 4.79 Å². The van der Waals surface area contributed by atoms with Gasteiger partial charge in [0.15, 0.2) is 5.82 Å². The van der Waals surface area contributed by atoms with Gasteiger partial charge in [-0.1, -0.05) is 30.0 Å². The number of carbonyl (C=O) groups is 1. The summed E-state index contributed by atoms with van der Waals surface area (Å²) in [6, 6.07) is 10.1. The van der Waals surface area contributed by atoms with Crippen molar-refractivity contribution < 1.29 is 4.79 Å². The fourth-order valence-electron chi connectivity index (χ4n) is 1.51. The number of aromatic nitrogens is 2. The SMILES string of the molecule is Nc1nccnc1SCC(=O)NCCSc1ccccc1. The lowest BCUT2D eigenvalue weighted by molar-refractivity contribution is -0.118. The van der Waals surface area contributed by atoms with Crippen molar-refractivity contribution in [3.05, 3.63) is 42.7 Å². The molecule has 2 aromatic rings. The predicted octanol–water partition coefficient (Wildman–Crippen LogP) is 2.06. The molecule has 0 fully saturated rings. The van der Waals surface area contributed by atoms with Gasteiger partial charge in [-0.25, -0.2) is 9.97 Å². The molecule has 1 aromatic carbocycles. The zero-order chi connectivity index (χ0) is 14.9. The molecule has 21 heavy (non-hydrogen) atoms. The number of nitrogens with one attached hydrogen (secondary N) is 1. The third kappa shape index (κ3) is 5.65. The summed E-state index contributed by atoms with van der Waals surface area (Å²) in [4.78, 5) is 20.9. The number of amides is 1. The molecule has 0 atom stereocenters. The number of hydrogen-bond acceptors (Lipinski definition) is 6. The number of nitrogen functional groups attached to an aromatic ring is 1. The Hall–Kier alpha value is -1.73. The number of nitrogens with zero attached hydrogens (tertiary/aromatic N) is 2. The average Bonchev–Trinajstić information content (AvgIpc) is 2.52. The van der Waals surface area contributed by atoms with Crippen molar-refractivity contribution in [3.63, 3.8) is 0 Å². The van der Waals surface area contributed by atoms with E-state index in [0.29, 0.717) is 23.1 Å². The van der Waals surface area contributed by atoms with E-state index in [1.807, 2.05) is 18.2 Å². The predicted molar refractivity (Wildman–Crippen MR) is 87.3 cm³/mol. The van der Waals surface area contributed by atoms with Gasteiger partial charge in [-0.3, -0.25) is 4.79 Å². The second-order valence-corrected chi connectivity index (χ2v) is 6.18. The van der Waals surface area contributed by atoms with Gasteiger partial charge in [0.2, 0.25) is 5.91 Å². The van der Waals surface area contributed by atoms with Crippen LogP contribution < -0.4 is 11.1 Å². The Morgan fingerprint density at radius 1 is 1.14 bits per heavy atom. The van der Waals surface area contributed by atoms with E-state index in [-0.39, 0.29) is 5.91 Å². The highest BCUT2D eigenvalue weighted by Crippen LogP contribution is 2.19. The highest BCUT2D eigenvalue weighted by Gasteiger charge is 2.06. The van der Waals surface area contributed by atoms with Crippen molar-refractivity contribution in [1.82, 2.24) is 15.3 Å². The lowest BCUT2D eigenvalue weighted by atomic mass is 10.4. The van der Waals surface area contributed by atoms with Gasteiger partial charge in [-0.15, -0.1) is 11.8 Å². The molecular formula is C14H16N4OS2. The molecule has 0 aliphatic carbocycles. The normalized spacial score (nSPS) is 10.3. The van der Waals surface area contributed by atoms with Gasteiger partial charge >= 0.3 is 0 Å². The Balaban J connectivity index is 1.63. The van der Waals surface area contributed by atoms with Crippen LogP contribution in [0.5, 0.6) is 0 Å². The van der Waals surface area contributed by atoms with Crippen molar-refractivity contribution >= 4 is 35.2 Å². The summed E-state index contributed by atoms with van der Waals surface area (Å²) in [6.45, 7) is 0.634. The Morgan fingerprint density at radius 2 is 1.90 bits per heavy atom. The molecule has 0 aliphatic heterocycles. The third-order valence-electron chi connectivity index (χ3n) is 2.47. The van der Waals surface area contributed by atoms with Gasteiger partial charge < -0.3 is 11.1 Å². The average molecular weight is 320 g/mol. The molecule has 0 spiro atoms. The second kappa shape index (κ2) is 8.53. The number of thioether (sulfide) groups is 2. The van der Waals surface area contributed by atoms with Crippen molar-refractivity contribution in [2.24, 2.45) is 0 Å². The van der Waals surface area contributed by atoms with Crippen LogP contribution in [-0.4, -0.2) is 33.9 Å². The van der Waals surface area contributed by atoms with Gasteiger partial charge in [-0.05, 0) is 12.1 Å². The van der Waals surface area contributed by atoms with E-state index in [0.717, 1.165) is 5.75 Å². The smallest absolute Gasteiger partial charge is 0.230 e. The van der Waals surface area contributed by atoms with Crippen LogP contribution in [0.2, 0.25) is 0 Å². The number of hydrogen-bond donors (Lipinski definition) is 2. The summed E-state index contributed by atoms with van der Waals surface area (Å²) < 4.78 is 0. The maximum absolute atomic E-state index is 11.7. The quantitative estimate of drug-likeness (QED) is 0.600. The van der Waals surface area contributed by atoms with E-state index in [4.69, 9.17) is 5.73 Å². The fourth-order valence-corrected chi connectivity index (χ4v) is 3.00. The molecule has 0 unspecified atom stereocenters. The van der Waals surface area contributed by atoms with Crippen molar-refractivity contribution in [2.75, 3.05) is 23.8 Å². The second-order valence-electron chi connectivity index (χ2n) is 4.05. The molecule has 1 aromatic heterocycles. The number of benzene rings is 1. The maximum Gasteiger partial charge on any atom is 0.230 e. The van der Waals surface area contributed by atoms with Crippen molar-refractivity contribution in [1.29, 1.82) is 0 Å². The van der Waals surface area contributed by atoms with E-state index in [1.54, 1.807) is 18.0 Å². The van der Waals surface area contributed by atoms with Crippen molar-refractivity contribution in [2.45, 2.75) is 9.92 Å². The molecule has 0 radical (unpaired) electrons. The summed E-state index contributed by atoms with van der Waals surface area (Å²) in [5.74, 6) is 1.46. The summed E-state index contributed by atoms with van der Waals surface area (Å²) in [5.41, 5.74) is 5.66. The van der Waals surface area contributed by atoms with Crippen LogP contribution in [0.15, 0.2) is 52.6 Å². The van der Waals surface area contributed by atoms with Gasteiger partial charge in [0, 0.05) is 29.6 Å². The van der Waals surface area contributed by atoms with Gasteiger partial charge in [0.25, 0.3) is 0 Å². The minimum atomic E-state index is -0.0290. The van der Waals surface area contributed by atoms with Crippen LogP contribution in [-0.2, 0) is 4.79 Å². The third-order valence-corrected chi connectivity index (χ3v) is 4.48.